The molecule has 108 valence electrons. The Hall–Kier alpha value is -0.850. The van der Waals surface area contributed by atoms with E-state index < -0.39 is 10.0 Å². The largest absolute Gasteiger partial charge is 0.447 e. The van der Waals surface area contributed by atoms with Crippen LogP contribution in [0, 0.1) is 5.41 Å². The van der Waals surface area contributed by atoms with Crippen molar-refractivity contribution < 1.29 is 12.8 Å². The maximum absolute atomic E-state index is 12.5. The van der Waals surface area contributed by atoms with E-state index in [1.54, 1.807) is 10.4 Å². The molecule has 1 aromatic rings. The highest BCUT2D eigenvalue weighted by atomic mass is 32.2. The lowest BCUT2D eigenvalue weighted by Crippen LogP contribution is -2.31. The summed E-state index contributed by atoms with van der Waals surface area (Å²) in [4.78, 5) is 0. The van der Waals surface area contributed by atoms with Crippen molar-refractivity contribution in [3.63, 3.8) is 0 Å². The van der Waals surface area contributed by atoms with E-state index in [0.717, 1.165) is 19.3 Å². The predicted molar refractivity (Wildman–Crippen MR) is 73.0 cm³/mol. The molecule has 5 nitrogen and oxygen atoms in total. The molecular weight excluding hydrogens is 264 g/mol. The van der Waals surface area contributed by atoms with Crippen LogP contribution in [-0.2, 0) is 16.6 Å². The fourth-order valence-corrected chi connectivity index (χ4v) is 4.14. The van der Waals surface area contributed by atoms with E-state index in [1.807, 2.05) is 0 Å². The first-order valence-electron chi connectivity index (χ1n) is 6.76. The van der Waals surface area contributed by atoms with Crippen molar-refractivity contribution >= 4 is 10.0 Å². The summed E-state index contributed by atoms with van der Waals surface area (Å²) in [5, 5.41) is 0.0101. The molecule has 0 radical (unpaired) electrons. The van der Waals surface area contributed by atoms with Crippen molar-refractivity contribution in [1.29, 1.82) is 0 Å². The minimum absolute atomic E-state index is 0.0101. The summed E-state index contributed by atoms with van der Waals surface area (Å²) >= 11 is 0. The molecule has 0 aromatic carbocycles. The van der Waals surface area contributed by atoms with E-state index >= 15 is 0 Å². The zero-order chi connectivity index (χ0) is 14.1. The maximum Gasteiger partial charge on any atom is 0.276 e. The van der Waals surface area contributed by atoms with Crippen LogP contribution in [-0.4, -0.2) is 25.8 Å². The van der Waals surface area contributed by atoms with E-state index in [-0.39, 0.29) is 17.1 Å². The number of sulfonamides is 1. The Labute approximate surface area is 114 Å². The first-order valence-corrected chi connectivity index (χ1v) is 8.20. The Morgan fingerprint density at radius 3 is 2.53 bits per heavy atom. The van der Waals surface area contributed by atoms with Gasteiger partial charge in [0.15, 0.2) is 0 Å². The maximum atomic E-state index is 12.5. The second-order valence-electron chi connectivity index (χ2n) is 5.22. The molecule has 19 heavy (non-hydrogen) atoms. The molecule has 6 heteroatoms. The third-order valence-electron chi connectivity index (χ3n) is 4.34. The molecule has 2 N–H and O–H groups in total. The van der Waals surface area contributed by atoms with Crippen molar-refractivity contribution in [1.82, 2.24) is 4.31 Å². The Morgan fingerprint density at radius 1 is 1.37 bits per heavy atom. The SMILES string of the molecule is CCC1(CC)CCN(S(=O)(=O)c2ccc(CN)o2)C1. The summed E-state index contributed by atoms with van der Waals surface area (Å²) in [6, 6.07) is 3.12. The quantitative estimate of drug-likeness (QED) is 0.897. The van der Waals surface area contributed by atoms with Gasteiger partial charge in [-0.1, -0.05) is 13.8 Å². The van der Waals surface area contributed by atoms with E-state index in [0.29, 0.717) is 18.8 Å². The van der Waals surface area contributed by atoms with Gasteiger partial charge in [-0.2, -0.15) is 4.31 Å². The summed E-state index contributed by atoms with van der Waals surface area (Å²) in [6.07, 6.45) is 2.92. The fourth-order valence-electron chi connectivity index (χ4n) is 2.66. The van der Waals surface area contributed by atoms with Crippen LogP contribution in [0.25, 0.3) is 0 Å². The van der Waals surface area contributed by atoms with Crippen LogP contribution in [0.15, 0.2) is 21.6 Å². The second-order valence-corrected chi connectivity index (χ2v) is 7.09. The summed E-state index contributed by atoms with van der Waals surface area (Å²) in [6.45, 7) is 5.62. The third kappa shape index (κ3) is 2.57. The fraction of sp³-hybridized carbons (Fsp3) is 0.692. The second kappa shape index (κ2) is 5.26. The number of hydrogen-bond acceptors (Lipinski definition) is 4. The van der Waals surface area contributed by atoms with Gasteiger partial charge in [0, 0.05) is 13.1 Å². The Morgan fingerprint density at radius 2 is 2.05 bits per heavy atom. The van der Waals surface area contributed by atoms with Gasteiger partial charge in [0.25, 0.3) is 10.0 Å². The van der Waals surface area contributed by atoms with Gasteiger partial charge in [-0.05, 0) is 36.8 Å². The zero-order valence-corrected chi connectivity index (χ0v) is 12.4. The molecule has 0 spiro atoms. The van der Waals surface area contributed by atoms with Gasteiger partial charge in [0.05, 0.1) is 6.54 Å². The molecule has 0 unspecified atom stereocenters. The van der Waals surface area contributed by atoms with Gasteiger partial charge in [0.2, 0.25) is 5.09 Å². The first kappa shape index (κ1) is 14.6. The number of nitrogens with zero attached hydrogens (tertiary/aromatic N) is 1. The standard InChI is InChI=1S/C13H22N2O3S/c1-3-13(4-2)7-8-15(10-13)19(16,17)12-6-5-11(9-14)18-12/h5-6H,3-4,7-10,14H2,1-2H3. The average Bonchev–Trinajstić information content (AvgIpc) is 3.06. The van der Waals surface area contributed by atoms with Crippen LogP contribution >= 0.6 is 0 Å². The molecule has 0 amide bonds. The Kier molecular flexibility index (Phi) is 4.03. The monoisotopic (exact) mass is 286 g/mol. The average molecular weight is 286 g/mol. The van der Waals surface area contributed by atoms with Crippen molar-refractivity contribution in [3.8, 4) is 0 Å². The molecule has 1 saturated heterocycles. The Bertz CT molecular complexity index is 532. The minimum Gasteiger partial charge on any atom is -0.447 e. The molecule has 1 aliphatic rings. The molecule has 1 fully saturated rings. The minimum atomic E-state index is -3.51. The van der Waals surface area contributed by atoms with Gasteiger partial charge in [-0.25, -0.2) is 8.42 Å². The highest BCUT2D eigenvalue weighted by Crippen LogP contribution is 2.39. The summed E-state index contributed by atoms with van der Waals surface area (Å²) in [5.74, 6) is 0.495. The zero-order valence-electron chi connectivity index (χ0n) is 11.6. The van der Waals surface area contributed by atoms with Gasteiger partial charge in [0.1, 0.15) is 5.76 Å². The van der Waals surface area contributed by atoms with Crippen molar-refractivity contribution in [2.24, 2.45) is 11.1 Å². The van der Waals surface area contributed by atoms with E-state index in [9.17, 15) is 8.42 Å². The molecular formula is C13H22N2O3S. The topological polar surface area (TPSA) is 76.5 Å². The van der Waals surface area contributed by atoms with Crippen molar-refractivity contribution in [2.75, 3.05) is 13.1 Å². The van der Waals surface area contributed by atoms with Crippen LogP contribution in [0.5, 0.6) is 0 Å². The smallest absolute Gasteiger partial charge is 0.276 e. The molecule has 0 saturated carbocycles. The number of furan rings is 1. The van der Waals surface area contributed by atoms with Crippen LogP contribution in [0.2, 0.25) is 0 Å². The first-order chi connectivity index (χ1) is 8.97. The lowest BCUT2D eigenvalue weighted by atomic mass is 9.82. The lowest BCUT2D eigenvalue weighted by Gasteiger charge is -2.25. The van der Waals surface area contributed by atoms with Crippen LogP contribution in [0.4, 0.5) is 0 Å². The number of hydrogen-bond donors (Lipinski definition) is 1. The molecule has 2 heterocycles. The van der Waals surface area contributed by atoms with E-state index in [4.69, 9.17) is 10.2 Å². The van der Waals surface area contributed by atoms with Crippen LogP contribution in [0.1, 0.15) is 38.9 Å². The summed E-state index contributed by atoms with van der Waals surface area (Å²) in [7, 11) is -3.51. The normalized spacial score (nSPS) is 19.9. The third-order valence-corrected chi connectivity index (χ3v) is 6.06. The predicted octanol–water partition coefficient (Wildman–Crippen LogP) is 1.94. The molecule has 1 aromatic heterocycles. The summed E-state index contributed by atoms with van der Waals surface area (Å²) < 4.78 is 31.8. The van der Waals surface area contributed by atoms with Gasteiger partial charge < -0.3 is 10.2 Å². The van der Waals surface area contributed by atoms with E-state index in [1.165, 1.54) is 6.07 Å². The molecule has 0 atom stereocenters. The highest BCUT2D eigenvalue weighted by Gasteiger charge is 2.41. The van der Waals surface area contributed by atoms with Crippen LogP contribution < -0.4 is 5.73 Å². The van der Waals surface area contributed by atoms with Crippen molar-refractivity contribution in [2.45, 2.75) is 44.7 Å². The van der Waals surface area contributed by atoms with Gasteiger partial charge in [-0.3, -0.25) is 0 Å². The number of rotatable bonds is 5. The Balaban J connectivity index is 2.22. The van der Waals surface area contributed by atoms with Gasteiger partial charge >= 0.3 is 0 Å². The van der Waals surface area contributed by atoms with E-state index in [2.05, 4.69) is 13.8 Å². The highest BCUT2D eigenvalue weighted by molar-refractivity contribution is 7.89. The van der Waals surface area contributed by atoms with Crippen LogP contribution in [0.3, 0.4) is 0 Å². The lowest BCUT2D eigenvalue weighted by molar-refractivity contribution is 0.277. The van der Waals surface area contributed by atoms with Gasteiger partial charge in [-0.15, -0.1) is 0 Å². The molecule has 1 aliphatic heterocycles. The molecule has 0 bridgehead atoms. The number of nitrogens with two attached hydrogens (primary N) is 1. The van der Waals surface area contributed by atoms with Crippen molar-refractivity contribution in [3.05, 3.63) is 17.9 Å². The molecule has 2 rings (SSSR count). The summed E-state index contributed by atoms with van der Waals surface area (Å²) in [5.41, 5.74) is 5.57. The molecule has 0 aliphatic carbocycles.